The molecule has 1 atom stereocenters. The van der Waals surface area contributed by atoms with Crippen molar-refractivity contribution in [2.75, 3.05) is 0 Å². The Morgan fingerprint density at radius 1 is 1.27 bits per heavy atom. The van der Waals surface area contributed by atoms with Crippen molar-refractivity contribution in [3.8, 4) is 0 Å². The number of aryl methyl sites for hydroxylation is 1. The van der Waals surface area contributed by atoms with E-state index in [1.165, 1.54) is 0 Å². The van der Waals surface area contributed by atoms with Crippen molar-refractivity contribution in [2.45, 2.75) is 30.4 Å². The molecule has 0 heterocycles. The maximum absolute atomic E-state index is 11.9. The molecule has 0 aliphatic heterocycles. The number of hydrogen-bond acceptors (Lipinski definition) is 3. The minimum Gasteiger partial charge on any atom is -0.303 e. The van der Waals surface area contributed by atoms with Gasteiger partial charge >= 0.3 is 0 Å². The van der Waals surface area contributed by atoms with Gasteiger partial charge in [-0.15, -0.1) is 0 Å². The number of aldehydes is 1. The van der Waals surface area contributed by atoms with Crippen molar-refractivity contribution < 1.29 is 13.2 Å². The molecule has 0 N–H and O–H groups in total. The summed E-state index contributed by atoms with van der Waals surface area (Å²) in [5.41, 5.74) is 1.01. The van der Waals surface area contributed by atoms with Gasteiger partial charge in [-0.2, -0.15) is 0 Å². The zero-order valence-electron chi connectivity index (χ0n) is 8.80. The Bertz CT molecular complexity index is 431. The molecule has 1 rings (SSSR count). The van der Waals surface area contributed by atoms with E-state index in [1.807, 2.05) is 6.92 Å². The molecule has 0 spiro atoms. The molecular formula is C11H14O3S. The summed E-state index contributed by atoms with van der Waals surface area (Å²) in [6.45, 7) is 3.44. The first-order chi connectivity index (χ1) is 6.98. The zero-order chi connectivity index (χ0) is 11.5. The molecule has 0 amide bonds. The number of carbonyl (C=O) groups is 1. The number of rotatable bonds is 4. The monoisotopic (exact) mass is 226 g/mol. The van der Waals surface area contributed by atoms with Gasteiger partial charge in [-0.25, -0.2) is 8.42 Å². The average molecular weight is 226 g/mol. The lowest BCUT2D eigenvalue weighted by Crippen LogP contribution is -2.18. The van der Waals surface area contributed by atoms with E-state index in [0.717, 1.165) is 5.56 Å². The maximum atomic E-state index is 11.9. The first-order valence-corrected chi connectivity index (χ1v) is 6.27. The second-order valence-corrected chi connectivity index (χ2v) is 5.94. The van der Waals surface area contributed by atoms with Crippen molar-refractivity contribution in [1.82, 2.24) is 0 Å². The van der Waals surface area contributed by atoms with Gasteiger partial charge in [0.25, 0.3) is 0 Å². The first-order valence-electron chi connectivity index (χ1n) is 4.72. The van der Waals surface area contributed by atoms with Crippen LogP contribution in [0.25, 0.3) is 0 Å². The molecule has 1 unspecified atom stereocenters. The molecule has 82 valence electrons. The largest absolute Gasteiger partial charge is 0.303 e. The summed E-state index contributed by atoms with van der Waals surface area (Å²) in [5, 5.41) is -0.655. The molecule has 15 heavy (non-hydrogen) atoms. The summed E-state index contributed by atoms with van der Waals surface area (Å²) < 4.78 is 23.7. The Morgan fingerprint density at radius 3 is 2.27 bits per heavy atom. The molecule has 4 heteroatoms. The molecule has 0 saturated heterocycles. The van der Waals surface area contributed by atoms with Crippen LogP contribution in [0.4, 0.5) is 0 Å². The van der Waals surface area contributed by atoms with Gasteiger partial charge in [-0.1, -0.05) is 17.7 Å². The van der Waals surface area contributed by atoms with Gasteiger partial charge in [0.15, 0.2) is 9.84 Å². The summed E-state index contributed by atoms with van der Waals surface area (Å²) in [5.74, 6) is 0. The Labute approximate surface area is 90.0 Å². The van der Waals surface area contributed by atoms with E-state index in [-0.39, 0.29) is 11.3 Å². The topological polar surface area (TPSA) is 51.2 Å². The Balaban J connectivity index is 3.06. The lowest BCUT2D eigenvalue weighted by atomic mass is 10.2. The number of benzene rings is 1. The van der Waals surface area contributed by atoms with Crippen molar-refractivity contribution >= 4 is 16.1 Å². The van der Waals surface area contributed by atoms with Crippen LogP contribution in [0.5, 0.6) is 0 Å². The van der Waals surface area contributed by atoms with Crippen LogP contribution in [0.1, 0.15) is 18.9 Å². The summed E-state index contributed by atoms with van der Waals surface area (Å²) >= 11 is 0. The Kier molecular flexibility index (Phi) is 3.63. The van der Waals surface area contributed by atoms with Crippen LogP contribution in [-0.2, 0) is 14.6 Å². The smallest absolute Gasteiger partial charge is 0.181 e. The lowest BCUT2D eigenvalue weighted by molar-refractivity contribution is -0.107. The first kappa shape index (κ1) is 11.9. The highest BCUT2D eigenvalue weighted by molar-refractivity contribution is 7.92. The van der Waals surface area contributed by atoms with E-state index in [2.05, 4.69) is 0 Å². The van der Waals surface area contributed by atoms with Crippen LogP contribution in [0.15, 0.2) is 29.2 Å². The second-order valence-electron chi connectivity index (χ2n) is 3.57. The SMILES string of the molecule is Cc1ccc(S(=O)(=O)C(C)CC=O)cc1. The number of carbonyl (C=O) groups excluding carboxylic acids is 1. The van der Waals surface area contributed by atoms with Gasteiger partial charge in [0.2, 0.25) is 0 Å². The molecule has 1 aromatic rings. The van der Waals surface area contributed by atoms with Crippen LogP contribution >= 0.6 is 0 Å². The lowest BCUT2D eigenvalue weighted by Gasteiger charge is -2.09. The van der Waals surface area contributed by atoms with Crippen LogP contribution in [0, 0.1) is 6.92 Å². The third-order valence-electron chi connectivity index (χ3n) is 2.31. The average Bonchev–Trinajstić information content (AvgIpc) is 2.18. The summed E-state index contributed by atoms with van der Waals surface area (Å²) in [4.78, 5) is 10.6. The van der Waals surface area contributed by atoms with Gasteiger partial charge in [-0.3, -0.25) is 0 Å². The number of sulfone groups is 1. The molecule has 0 radical (unpaired) electrons. The van der Waals surface area contributed by atoms with E-state index in [1.54, 1.807) is 31.2 Å². The van der Waals surface area contributed by atoms with Gasteiger partial charge in [0.1, 0.15) is 6.29 Å². The fourth-order valence-electron chi connectivity index (χ4n) is 1.22. The van der Waals surface area contributed by atoms with Crippen LogP contribution < -0.4 is 0 Å². The van der Waals surface area contributed by atoms with Crippen molar-refractivity contribution in [2.24, 2.45) is 0 Å². The number of hydrogen-bond donors (Lipinski definition) is 0. The van der Waals surface area contributed by atoms with Crippen LogP contribution in [0.2, 0.25) is 0 Å². The molecule has 0 fully saturated rings. The standard InChI is InChI=1S/C11H14O3S/c1-9-3-5-11(6-4-9)15(13,14)10(2)7-8-12/h3-6,8,10H,7H2,1-2H3. The fourth-order valence-corrected chi connectivity index (χ4v) is 2.53. The molecule has 0 aliphatic rings. The van der Waals surface area contributed by atoms with Gasteiger partial charge in [-0.05, 0) is 26.0 Å². The minimum absolute atomic E-state index is 0.0379. The normalized spacial score (nSPS) is 13.5. The second kappa shape index (κ2) is 4.57. The highest BCUT2D eigenvalue weighted by atomic mass is 32.2. The molecule has 0 aliphatic carbocycles. The van der Waals surface area contributed by atoms with E-state index in [4.69, 9.17) is 0 Å². The van der Waals surface area contributed by atoms with E-state index in [9.17, 15) is 13.2 Å². The Hall–Kier alpha value is -1.16. The third kappa shape index (κ3) is 2.65. The third-order valence-corrected chi connectivity index (χ3v) is 4.49. The molecule has 1 aromatic carbocycles. The van der Waals surface area contributed by atoms with Gasteiger partial charge in [0.05, 0.1) is 10.1 Å². The van der Waals surface area contributed by atoms with Crippen molar-refractivity contribution in [3.05, 3.63) is 29.8 Å². The van der Waals surface area contributed by atoms with Crippen molar-refractivity contribution in [3.63, 3.8) is 0 Å². The van der Waals surface area contributed by atoms with Crippen LogP contribution in [0.3, 0.4) is 0 Å². The zero-order valence-corrected chi connectivity index (χ0v) is 9.62. The fraction of sp³-hybridized carbons (Fsp3) is 0.364. The highest BCUT2D eigenvalue weighted by Crippen LogP contribution is 2.17. The quantitative estimate of drug-likeness (QED) is 0.735. The molecular weight excluding hydrogens is 212 g/mol. The van der Waals surface area contributed by atoms with E-state index >= 15 is 0 Å². The van der Waals surface area contributed by atoms with Gasteiger partial charge < -0.3 is 4.79 Å². The summed E-state index contributed by atoms with van der Waals surface area (Å²) in [6, 6.07) is 6.65. The minimum atomic E-state index is -3.35. The predicted molar refractivity (Wildman–Crippen MR) is 58.5 cm³/mol. The molecule has 0 saturated carbocycles. The van der Waals surface area contributed by atoms with Gasteiger partial charge in [0, 0.05) is 6.42 Å². The molecule has 0 aromatic heterocycles. The van der Waals surface area contributed by atoms with Crippen molar-refractivity contribution in [1.29, 1.82) is 0 Å². The predicted octanol–water partition coefficient (Wildman–Crippen LogP) is 1.75. The molecule has 3 nitrogen and oxygen atoms in total. The summed E-state index contributed by atoms with van der Waals surface area (Å²) in [7, 11) is -3.35. The maximum Gasteiger partial charge on any atom is 0.181 e. The highest BCUT2D eigenvalue weighted by Gasteiger charge is 2.22. The Morgan fingerprint density at radius 2 is 1.80 bits per heavy atom. The van der Waals surface area contributed by atoms with E-state index < -0.39 is 15.1 Å². The van der Waals surface area contributed by atoms with Crippen LogP contribution in [-0.4, -0.2) is 20.0 Å². The van der Waals surface area contributed by atoms with E-state index in [0.29, 0.717) is 6.29 Å². The molecule has 0 bridgehead atoms. The summed E-state index contributed by atoms with van der Waals surface area (Å²) in [6.07, 6.45) is 0.673.